The molecule has 1 aromatic carbocycles. The highest BCUT2D eigenvalue weighted by atomic mass is 16.5. The van der Waals surface area contributed by atoms with E-state index in [-0.39, 0.29) is 17.8 Å². The number of aromatic nitrogens is 3. The minimum atomic E-state index is -0.332. The molecular formula is C14H16N4O3. The van der Waals surface area contributed by atoms with Crippen LogP contribution in [0.4, 0.5) is 0 Å². The number of ether oxygens (including phenoxy) is 2. The fraction of sp³-hybridized carbons (Fsp3) is 0.357. The third-order valence-electron chi connectivity index (χ3n) is 3.32. The van der Waals surface area contributed by atoms with Gasteiger partial charge in [0.1, 0.15) is 12.4 Å². The first-order valence-electron chi connectivity index (χ1n) is 6.64. The highest BCUT2D eigenvalue weighted by Crippen LogP contribution is 2.23. The van der Waals surface area contributed by atoms with Gasteiger partial charge in [0.05, 0.1) is 13.2 Å². The van der Waals surface area contributed by atoms with Gasteiger partial charge < -0.3 is 14.8 Å². The van der Waals surface area contributed by atoms with Crippen LogP contribution in [0.2, 0.25) is 0 Å². The highest BCUT2D eigenvalue weighted by molar-refractivity contribution is 5.90. The molecule has 21 heavy (non-hydrogen) atoms. The van der Waals surface area contributed by atoms with Gasteiger partial charge in [0.25, 0.3) is 5.91 Å². The second-order valence-electron chi connectivity index (χ2n) is 4.84. The van der Waals surface area contributed by atoms with Crippen LogP contribution in [0.15, 0.2) is 24.3 Å². The number of para-hydroxylation sites is 1. The van der Waals surface area contributed by atoms with Crippen LogP contribution >= 0.6 is 0 Å². The summed E-state index contributed by atoms with van der Waals surface area (Å²) in [6.45, 7) is 0.437. The van der Waals surface area contributed by atoms with E-state index in [0.29, 0.717) is 12.6 Å². The number of nitrogens with one attached hydrogen (secondary N) is 1. The highest BCUT2D eigenvalue weighted by Gasteiger charge is 2.23. The maximum atomic E-state index is 12.1. The van der Waals surface area contributed by atoms with Crippen molar-refractivity contribution in [1.29, 1.82) is 0 Å². The average molecular weight is 288 g/mol. The Morgan fingerprint density at radius 2 is 2.29 bits per heavy atom. The number of benzene rings is 1. The molecule has 0 fully saturated rings. The first kappa shape index (κ1) is 13.4. The van der Waals surface area contributed by atoms with Gasteiger partial charge in [-0.1, -0.05) is 18.2 Å². The number of aryl methyl sites for hydroxylation is 1. The summed E-state index contributed by atoms with van der Waals surface area (Å²) in [6.07, 6.45) is 0.728. The van der Waals surface area contributed by atoms with Crippen molar-refractivity contribution in [1.82, 2.24) is 20.1 Å². The van der Waals surface area contributed by atoms with Crippen LogP contribution in [0, 0.1) is 0 Å². The monoisotopic (exact) mass is 288 g/mol. The summed E-state index contributed by atoms with van der Waals surface area (Å²) >= 11 is 0. The predicted octanol–water partition coefficient (Wildman–Crippen LogP) is 0.557. The quantitative estimate of drug-likeness (QED) is 0.892. The fourth-order valence-electron chi connectivity index (χ4n) is 2.31. The van der Waals surface area contributed by atoms with Crippen LogP contribution in [0.1, 0.15) is 16.2 Å². The lowest BCUT2D eigenvalue weighted by Crippen LogP contribution is -2.43. The van der Waals surface area contributed by atoms with E-state index < -0.39 is 0 Å². The number of rotatable bonds is 3. The third kappa shape index (κ3) is 2.67. The van der Waals surface area contributed by atoms with E-state index in [1.54, 1.807) is 7.05 Å². The van der Waals surface area contributed by atoms with Crippen molar-refractivity contribution >= 4 is 5.91 Å². The van der Waals surface area contributed by atoms with Crippen molar-refractivity contribution in [3.05, 3.63) is 35.7 Å². The molecular weight excluding hydrogens is 272 g/mol. The van der Waals surface area contributed by atoms with Gasteiger partial charge in [0, 0.05) is 7.05 Å². The zero-order valence-electron chi connectivity index (χ0n) is 11.9. The maximum absolute atomic E-state index is 12.1. The van der Waals surface area contributed by atoms with Crippen LogP contribution in [-0.2, 0) is 13.5 Å². The SMILES string of the molecule is COc1nc(C(=O)NC2COc3ccccc3C2)nn1C. The molecule has 0 bridgehead atoms. The Kier molecular flexibility index (Phi) is 3.47. The maximum Gasteiger partial charge on any atom is 0.314 e. The van der Waals surface area contributed by atoms with Crippen molar-refractivity contribution in [2.45, 2.75) is 12.5 Å². The Bertz CT molecular complexity index is 668. The number of hydrogen-bond donors (Lipinski definition) is 1. The van der Waals surface area contributed by atoms with Gasteiger partial charge in [0.15, 0.2) is 0 Å². The van der Waals surface area contributed by atoms with Crippen molar-refractivity contribution < 1.29 is 14.3 Å². The minimum absolute atomic E-state index is 0.0909. The molecule has 1 amide bonds. The molecule has 1 unspecified atom stereocenters. The first-order valence-corrected chi connectivity index (χ1v) is 6.64. The molecule has 1 aliphatic rings. The molecule has 0 saturated carbocycles. The lowest BCUT2D eigenvalue weighted by atomic mass is 10.0. The van der Waals surface area contributed by atoms with E-state index in [1.165, 1.54) is 11.8 Å². The Hall–Kier alpha value is -2.57. The molecule has 7 heteroatoms. The number of nitrogens with zero attached hydrogens (tertiary/aromatic N) is 3. The number of carbonyl (C=O) groups excluding carboxylic acids is 1. The lowest BCUT2D eigenvalue weighted by Gasteiger charge is -2.25. The Balaban J connectivity index is 1.68. The molecule has 7 nitrogen and oxygen atoms in total. The van der Waals surface area contributed by atoms with Crippen LogP contribution < -0.4 is 14.8 Å². The molecule has 1 N–H and O–H groups in total. The summed E-state index contributed by atoms with van der Waals surface area (Å²) in [4.78, 5) is 16.2. The molecule has 2 aromatic rings. The largest absolute Gasteiger partial charge is 0.491 e. The van der Waals surface area contributed by atoms with E-state index >= 15 is 0 Å². The van der Waals surface area contributed by atoms with E-state index in [1.807, 2.05) is 24.3 Å². The van der Waals surface area contributed by atoms with Gasteiger partial charge in [0.2, 0.25) is 5.82 Å². The molecule has 2 heterocycles. The smallest absolute Gasteiger partial charge is 0.314 e. The first-order chi connectivity index (χ1) is 10.2. The van der Waals surface area contributed by atoms with Crippen molar-refractivity contribution in [2.24, 2.45) is 7.05 Å². The van der Waals surface area contributed by atoms with Crippen LogP contribution in [0.3, 0.4) is 0 Å². The van der Waals surface area contributed by atoms with Gasteiger partial charge in [-0.2, -0.15) is 4.98 Å². The Labute approximate surface area is 121 Å². The fourth-order valence-corrected chi connectivity index (χ4v) is 2.31. The van der Waals surface area contributed by atoms with Crippen molar-refractivity contribution in [3.8, 4) is 11.8 Å². The van der Waals surface area contributed by atoms with Crippen molar-refractivity contribution in [2.75, 3.05) is 13.7 Å². The second-order valence-corrected chi connectivity index (χ2v) is 4.84. The van der Waals surface area contributed by atoms with Gasteiger partial charge in [-0.05, 0) is 18.1 Å². The van der Waals surface area contributed by atoms with E-state index in [2.05, 4.69) is 15.4 Å². The number of hydrogen-bond acceptors (Lipinski definition) is 5. The summed E-state index contributed by atoms with van der Waals surface area (Å²) in [6, 6.07) is 8.01. The second kappa shape index (κ2) is 5.43. The Morgan fingerprint density at radius 1 is 1.48 bits per heavy atom. The molecule has 0 aliphatic carbocycles. The molecule has 3 rings (SSSR count). The predicted molar refractivity (Wildman–Crippen MR) is 74.5 cm³/mol. The molecule has 1 aromatic heterocycles. The van der Waals surface area contributed by atoms with Crippen LogP contribution in [-0.4, -0.2) is 40.4 Å². The summed E-state index contributed by atoms with van der Waals surface area (Å²) in [5.41, 5.74) is 1.08. The molecule has 0 radical (unpaired) electrons. The standard InChI is InChI=1S/C14H16N4O3/c1-18-14(20-2)16-12(17-18)13(19)15-10-7-9-5-3-4-6-11(9)21-8-10/h3-6,10H,7-8H2,1-2H3,(H,15,19). The van der Waals surface area contributed by atoms with Crippen LogP contribution in [0.5, 0.6) is 11.8 Å². The third-order valence-corrected chi connectivity index (χ3v) is 3.32. The average Bonchev–Trinajstić information content (AvgIpc) is 2.88. The molecule has 1 atom stereocenters. The number of fused-ring (bicyclic) bond motifs is 1. The summed E-state index contributed by atoms with van der Waals surface area (Å²) < 4.78 is 12.1. The zero-order chi connectivity index (χ0) is 14.8. The van der Waals surface area contributed by atoms with Crippen molar-refractivity contribution in [3.63, 3.8) is 0 Å². The topological polar surface area (TPSA) is 78.3 Å². The minimum Gasteiger partial charge on any atom is -0.491 e. The Morgan fingerprint density at radius 3 is 3.05 bits per heavy atom. The van der Waals surface area contributed by atoms with Gasteiger partial charge >= 0.3 is 6.01 Å². The lowest BCUT2D eigenvalue weighted by molar-refractivity contribution is 0.0904. The summed E-state index contributed by atoms with van der Waals surface area (Å²) in [5, 5.41) is 6.90. The van der Waals surface area contributed by atoms with Gasteiger partial charge in [-0.25, -0.2) is 4.68 Å². The van der Waals surface area contributed by atoms with E-state index in [0.717, 1.165) is 17.7 Å². The normalized spacial score (nSPS) is 16.8. The number of amides is 1. The summed E-state index contributed by atoms with van der Waals surface area (Å²) in [7, 11) is 3.15. The molecule has 1 aliphatic heterocycles. The van der Waals surface area contributed by atoms with Crippen LogP contribution in [0.25, 0.3) is 0 Å². The number of methoxy groups -OCH3 is 1. The van der Waals surface area contributed by atoms with E-state index in [9.17, 15) is 4.79 Å². The molecule has 110 valence electrons. The summed E-state index contributed by atoms with van der Waals surface area (Å²) in [5.74, 6) is 0.635. The molecule has 0 spiro atoms. The van der Waals surface area contributed by atoms with Gasteiger partial charge in [-0.15, -0.1) is 5.10 Å². The molecule has 0 saturated heterocycles. The number of carbonyl (C=O) groups is 1. The van der Waals surface area contributed by atoms with Gasteiger partial charge in [-0.3, -0.25) is 4.79 Å². The van der Waals surface area contributed by atoms with E-state index in [4.69, 9.17) is 9.47 Å². The zero-order valence-corrected chi connectivity index (χ0v) is 11.9.